The van der Waals surface area contributed by atoms with Crippen LogP contribution in [0.3, 0.4) is 0 Å². The molecule has 5 heteroatoms. The molecule has 0 aromatic heterocycles. The van der Waals surface area contributed by atoms with E-state index in [4.69, 9.17) is 5.14 Å². The molecule has 0 spiro atoms. The van der Waals surface area contributed by atoms with Gasteiger partial charge in [0, 0.05) is 0 Å². The van der Waals surface area contributed by atoms with Crippen molar-refractivity contribution >= 4 is 10.0 Å². The summed E-state index contributed by atoms with van der Waals surface area (Å²) in [6.45, 7) is 1.75. The molecule has 0 heterocycles. The molecular weight excluding hydrogens is 202 g/mol. The van der Waals surface area contributed by atoms with Crippen LogP contribution in [-0.4, -0.2) is 19.3 Å². The number of sulfonamides is 1. The number of phenolic OH excluding ortho intramolecular Hbond substituents is 1. The molecule has 4 nitrogen and oxygen atoms in total. The summed E-state index contributed by atoms with van der Waals surface area (Å²) in [4.78, 5) is 0. The molecule has 0 aliphatic heterocycles. The molecule has 0 aliphatic rings. The van der Waals surface area contributed by atoms with E-state index in [1.807, 2.05) is 0 Å². The third-order valence-corrected chi connectivity index (χ3v) is 2.89. The van der Waals surface area contributed by atoms with Crippen molar-refractivity contribution in [2.24, 2.45) is 5.14 Å². The smallest absolute Gasteiger partial charge is 0.209 e. The first-order valence-electron chi connectivity index (χ1n) is 4.18. The van der Waals surface area contributed by atoms with E-state index < -0.39 is 10.0 Å². The fourth-order valence-corrected chi connectivity index (χ4v) is 2.17. The number of hydrogen-bond donors (Lipinski definition) is 2. The maximum Gasteiger partial charge on any atom is 0.209 e. The van der Waals surface area contributed by atoms with Gasteiger partial charge in [0.25, 0.3) is 0 Å². The van der Waals surface area contributed by atoms with Crippen LogP contribution in [0.5, 0.6) is 5.75 Å². The van der Waals surface area contributed by atoms with E-state index in [2.05, 4.69) is 0 Å². The minimum Gasteiger partial charge on any atom is -0.508 e. The van der Waals surface area contributed by atoms with Gasteiger partial charge in [0.1, 0.15) is 5.75 Å². The molecule has 1 aromatic carbocycles. The lowest BCUT2D eigenvalue weighted by Gasteiger charge is -2.10. The van der Waals surface area contributed by atoms with Crippen LogP contribution in [0, 0.1) is 0 Å². The van der Waals surface area contributed by atoms with Crippen molar-refractivity contribution in [1.82, 2.24) is 0 Å². The first-order chi connectivity index (χ1) is 6.38. The Morgan fingerprint density at radius 1 is 1.50 bits per heavy atom. The topological polar surface area (TPSA) is 80.4 Å². The van der Waals surface area contributed by atoms with Gasteiger partial charge >= 0.3 is 0 Å². The zero-order valence-corrected chi connectivity index (χ0v) is 8.66. The molecule has 0 aliphatic carbocycles. The van der Waals surface area contributed by atoms with Gasteiger partial charge in [-0.25, -0.2) is 13.6 Å². The van der Waals surface area contributed by atoms with Crippen LogP contribution < -0.4 is 5.14 Å². The third-order valence-electron chi connectivity index (χ3n) is 1.92. The van der Waals surface area contributed by atoms with Gasteiger partial charge in [-0.15, -0.1) is 0 Å². The summed E-state index contributed by atoms with van der Waals surface area (Å²) in [7, 11) is -3.47. The molecule has 1 aromatic rings. The molecule has 0 amide bonds. The molecule has 3 N–H and O–H groups in total. The monoisotopic (exact) mass is 215 g/mol. The lowest BCUT2D eigenvalue weighted by atomic mass is 10.0. The van der Waals surface area contributed by atoms with Gasteiger partial charge < -0.3 is 5.11 Å². The lowest BCUT2D eigenvalue weighted by molar-refractivity contribution is 0.474. The van der Waals surface area contributed by atoms with Crippen LogP contribution in [0.4, 0.5) is 0 Å². The predicted molar refractivity (Wildman–Crippen MR) is 54.5 cm³/mol. The number of aromatic hydroxyl groups is 1. The van der Waals surface area contributed by atoms with Gasteiger partial charge in [-0.05, 0) is 23.6 Å². The van der Waals surface area contributed by atoms with E-state index in [-0.39, 0.29) is 17.4 Å². The lowest BCUT2D eigenvalue weighted by Crippen LogP contribution is -2.20. The van der Waals surface area contributed by atoms with E-state index in [1.165, 1.54) is 12.1 Å². The molecule has 1 atom stereocenters. The first-order valence-corrected chi connectivity index (χ1v) is 5.89. The minimum absolute atomic E-state index is 0.115. The molecule has 14 heavy (non-hydrogen) atoms. The highest BCUT2D eigenvalue weighted by Gasteiger charge is 2.13. The van der Waals surface area contributed by atoms with Crippen molar-refractivity contribution < 1.29 is 13.5 Å². The Kier molecular flexibility index (Phi) is 3.13. The summed E-state index contributed by atoms with van der Waals surface area (Å²) in [5.74, 6) is -0.197. The number of primary sulfonamides is 1. The fraction of sp³-hybridized carbons (Fsp3) is 0.333. The molecule has 0 fully saturated rings. The highest BCUT2D eigenvalue weighted by atomic mass is 32.2. The van der Waals surface area contributed by atoms with Crippen molar-refractivity contribution in [1.29, 1.82) is 0 Å². The second-order valence-corrected chi connectivity index (χ2v) is 4.98. The van der Waals surface area contributed by atoms with E-state index in [1.54, 1.807) is 19.1 Å². The van der Waals surface area contributed by atoms with Crippen LogP contribution in [0.25, 0.3) is 0 Å². The van der Waals surface area contributed by atoms with E-state index in [0.29, 0.717) is 0 Å². The van der Waals surface area contributed by atoms with E-state index >= 15 is 0 Å². The van der Waals surface area contributed by atoms with Gasteiger partial charge in [-0.3, -0.25) is 0 Å². The predicted octanol–water partition coefficient (Wildman–Crippen LogP) is 0.784. The zero-order valence-electron chi connectivity index (χ0n) is 7.84. The van der Waals surface area contributed by atoms with Crippen molar-refractivity contribution in [3.8, 4) is 5.75 Å². The minimum atomic E-state index is -3.47. The van der Waals surface area contributed by atoms with Crippen LogP contribution >= 0.6 is 0 Å². The molecule has 0 bridgehead atoms. The number of nitrogens with two attached hydrogens (primary N) is 1. The van der Waals surface area contributed by atoms with E-state index in [0.717, 1.165) is 5.56 Å². The molecule has 0 saturated heterocycles. The Morgan fingerprint density at radius 3 is 2.64 bits per heavy atom. The van der Waals surface area contributed by atoms with Gasteiger partial charge in [-0.2, -0.15) is 0 Å². The maximum absolute atomic E-state index is 10.8. The normalized spacial score (nSPS) is 13.9. The quantitative estimate of drug-likeness (QED) is 0.782. The molecule has 1 unspecified atom stereocenters. The number of hydrogen-bond acceptors (Lipinski definition) is 3. The van der Waals surface area contributed by atoms with Crippen LogP contribution in [0.1, 0.15) is 18.4 Å². The highest BCUT2D eigenvalue weighted by molar-refractivity contribution is 7.89. The second-order valence-electron chi connectivity index (χ2n) is 3.33. The Bertz CT molecular complexity index is 414. The van der Waals surface area contributed by atoms with Crippen molar-refractivity contribution in [2.45, 2.75) is 12.8 Å². The van der Waals surface area contributed by atoms with Crippen molar-refractivity contribution in [2.75, 3.05) is 5.75 Å². The molecular formula is C9H13NO3S. The number of rotatable bonds is 3. The summed E-state index contributed by atoms with van der Waals surface area (Å²) >= 11 is 0. The van der Waals surface area contributed by atoms with Crippen LogP contribution in [-0.2, 0) is 10.0 Å². The number of phenols is 1. The average molecular weight is 215 g/mol. The molecule has 0 radical (unpaired) electrons. The number of benzene rings is 1. The SMILES string of the molecule is CC(CS(N)(=O)=O)c1cccc(O)c1. The molecule has 78 valence electrons. The zero-order chi connectivity index (χ0) is 10.8. The van der Waals surface area contributed by atoms with E-state index in [9.17, 15) is 13.5 Å². The Hall–Kier alpha value is -1.07. The standard InChI is InChI=1S/C9H13NO3S/c1-7(6-14(10,12)13)8-3-2-4-9(11)5-8/h2-5,7,11H,6H2,1H3,(H2,10,12,13). The summed E-state index contributed by atoms with van der Waals surface area (Å²) in [6, 6.07) is 6.50. The average Bonchev–Trinajstić information content (AvgIpc) is 2.01. The third kappa shape index (κ3) is 3.35. The van der Waals surface area contributed by atoms with Crippen molar-refractivity contribution in [3.05, 3.63) is 29.8 Å². The first kappa shape index (κ1) is 11.0. The van der Waals surface area contributed by atoms with Crippen LogP contribution in [0.2, 0.25) is 0 Å². The van der Waals surface area contributed by atoms with Crippen LogP contribution in [0.15, 0.2) is 24.3 Å². The van der Waals surface area contributed by atoms with Gasteiger partial charge in [0.05, 0.1) is 5.75 Å². The Morgan fingerprint density at radius 2 is 2.14 bits per heavy atom. The fourth-order valence-electron chi connectivity index (χ4n) is 1.28. The Balaban J connectivity index is 2.85. The summed E-state index contributed by atoms with van der Waals surface area (Å²) in [6.07, 6.45) is 0. The molecule has 0 saturated carbocycles. The van der Waals surface area contributed by atoms with Gasteiger partial charge in [0.15, 0.2) is 0 Å². The van der Waals surface area contributed by atoms with Crippen molar-refractivity contribution in [3.63, 3.8) is 0 Å². The summed E-state index contributed by atoms with van der Waals surface area (Å²) in [5.41, 5.74) is 0.763. The molecule has 1 rings (SSSR count). The van der Waals surface area contributed by atoms with Gasteiger partial charge in [0.2, 0.25) is 10.0 Å². The second kappa shape index (κ2) is 3.98. The Labute approximate surface area is 83.4 Å². The summed E-state index contributed by atoms with van der Waals surface area (Å²) in [5, 5.41) is 14.1. The van der Waals surface area contributed by atoms with Gasteiger partial charge in [-0.1, -0.05) is 19.1 Å². The summed E-state index contributed by atoms with van der Waals surface area (Å²) < 4.78 is 21.6. The largest absolute Gasteiger partial charge is 0.508 e. The maximum atomic E-state index is 10.8. The highest BCUT2D eigenvalue weighted by Crippen LogP contribution is 2.20.